The normalized spacial score (nSPS) is 23.6. The average molecular weight is 234 g/mol. The van der Waals surface area contributed by atoms with Crippen molar-refractivity contribution in [3.8, 4) is 0 Å². The molecule has 1 N–H and O–H groups in total. The third-order valence-electron chi connectivity index (χ3n) is 3.64. The fraction of sp³-hybridized carbons (Fsp3) is 0.538. The second kappa shape index (κ2) is 4.73. The van der Waals surface area contributed by atoms with Crippen LogP contribution >= 0.6 is 0 Å². The lowest BCUT2D eigenvalue weighted by Crippen LogP contribution is -2.22. The highest BCUT2D eigenvalue weighted by Gasteiger charge is 2.26. The van der Waals surface area contributed by atoms with Crippen molar-refractivity contribution in [2.75, 3.05) is 5.32 Å². The van der Waals surface area contributed by atoms with Crippen molar-refractivity contribution in [3.05, 3.63) is 33.9 Å². The highest BCUT2D eigenvalue weighted by atomic mass is 16.6. The number of aryl methyl sites for hydroxylation is 1. The molecule has 92 valence electrons. The minimum Gasteiger partial charge on any atom is -0.376 e. The number of nitrogens with zero attached hydrogens (tertiary/aromatic N) is 1. The molecule has 2 unspecified atom stereocenters. The summed E-state index contributed by atoms with van der Waals surface area (Å²) in [7, 11) is 0. The first-order valence-corrected chi connectivity index (χ1v) is 6.10. The minimum absolute atomic E-state index is 0.184. The van der Waals surface area contributed by atoms with E-state index in [0.29, 0.717) is 17.6 Å². The van der Waals surface area contributed by atoms with Gasteiger partial charge in [0.2, 0.25) is 0 Å². The van der Waals surface area contributed by atoms with Crippen LogP contribution < -0.4 is 5.32 Å². The lowest BCUT2D eigenvalue weighted by atomic mass is 10.0. The maximum atomic E-state index is 11.0. The van der Waals surface area contributed by atoms with Crippen molar-refractivity contribution in [1.29, 1.82) is 0 Å². The van der Waals surface area contributed by atoms with Gasteiger partial charge in [-0.2, -0.15) is 0 Å². The van der Waals surface area contributed by atoms with Gasteiger partial charge in [-0.05, 0) is 31.2 Å². The fourth-order valence-electron chi connectivity index (χ4n) is 2.54. The zero-order chi connectivity index (χ0) is 12.4. The van der Waals surface area contributed by atoms with Gasteiger partial charge in [0, 0.05) is 12.1 Å². The zero-order valence-corrected chi connectivity index (χ0v) is 10.3. The van der Waals surface area contributed by atoms with Crippen molar-refractivity contribution in [1.82, 2.24) is 0 Å². The molecule has 0 amide bonds. The highest BCUT2D eigenvalue weighted by Crippen LogP contribution is 2.33. The molecule has 1 aromatic carbocycles. The molecule has 0 bridgehead atoms. The number of benzene rings is 1. The summed E-state index contributed by atoms with van der Waals surface area (Å²) in [6.45, 7) is 4.11. The van der Waals surface area contributed by atoms with E-state index in [0.717, 1.165) is 12.0 Å². The van der Waals surface area contributed by atoms with Crippen molar-refractivity contribution in [3.63, 3.8) is 0 Å². The molecule has 0 saturated heterocycles. The Bertz CT molecular complexity index is 431. The van der Waals surface area contributed by atoms with E-state index in [4.69, 9.17) is 0 Å². The third kappa shape index (κ3) is 2.40. The van der Waals surface area contributed by atoms with Gasteiger partial charge in [-0.1, -0.05) is 25.5 Å². The zero-order valence-electron chi connectivity index (χ0n) is 10.3. The maximum absolute atomic E-state index is 11.0. The Morgan fingerprint density at radius 1 is 1.41 bits per heavy atom. The van der Waals surface area contributed by atoms with Gasteiger partial charge in [-0.25, -0.2) is 0 Å². The van der Waals surface area contributed by atoms with Crippen LogP contribution in [0, 0.1) is 23.0 Å². The Morgan fingerprint density at radius 2 is 2.18 bits per heavy atom. The predicted molar refractivity (Wildman–Crippen MR) is 68.3 cm³/mol. The summed E-state index contributed by atoms with van der Waals surface area (Å²) in [4.78, 5) is 10.7. The van der Waals surface area contributed by atoms with Crippen molar-refractivity contribution < 1.29 is 4.92 Å². The highest BCUT2D eigenvalue weighted by molar-refractivity contribution is 5.66. The second-order valence-electron chi connectivity index (χ2n) is 4.89. The molecule has 17 heavy (non-hydrogen) atoms. The van der Waals surface area contributed by atoms with Crippen LogP contribution in [0.1, 0.15) is 31.7 Å². The summed E-state index contributed by atoms with van der Waals surface area (Å²) in [6.07, 6.45) is 3.52. The first-order chi connectivity index (χ1) is 8.09. The second-order valence-corrected chi connectivity index (χ2v) is 4.89. The van der Waals surface area contributed by atoms with Crippen LogP contribution in [0.4, 0.5) is 11.4 Å². The van der Waals surface area contributed by atoms with E-state index in [1.807, 2.05) is 13.0 Å². The molecule has 2 rings (SSSR count). The van der Waals surface area contributed by atoms with Crippen molar-refractivity contribution in [2.24, 2.45) is 5.92 Å². The number of nitrogens with one attached hydrogen (secondary N) is 1. The molecule has 1 saturated carbocycles. The Kier molecular flexibility index (Phi) is 3.31. The summed E-state index contributed by atoms with van der Waals surface area (Å²) < 4.78 is 0. The summed E-state index contributed by atoms with van der Waals surface area (Å²) in [5, 5.41) is 14.4. The molecule has 0 spiro atoms. The Labute approximate surface area is 101 Å². The van der Waals surface area contributed by atoms with Crippen LogP contribution in [0.25, 0.3) is 0 Å². The fourth-order valence-corrected chi connectivity index (χ4v) is 2.54. The minimum atomic E-state index is -0.311. The first kappa shape index (κ1) is 11.9. The number of hydrogen-bond donors (Lipinski definition) is 1. The summed E-state index contributed by atoms with van der Waals surface area (Å²) in [6, 6.07) is 5.58. The monoisotopic (exact) mass is 234 g/mol. The van der Waals surface area contributed by atoms with Gasteiger partial charge >= 0.3 is 0 Å². The van der Waals surface area contributed by atoms with Crippen LogP contribution in [0.15, 0.2) is 18.2 Å². The van der Waals surface area contributed by atoms with Gasteiger partial charge in [0.25, 0.3) is 5.69 Å². The average Bonchev–Trinajstić information content (AvgIpc) is 2.67. The topological polar surface area (TPSA) is 55.2 Å². The largest absolute Gasteiger partial charge is 0.376 e. The molecular weight excluding hydrogens is 216 g/mol. The molecule has 4 heteroatoms. The van der Waals surface area contributed by atoms with E-state index >= 15 is 0 Å². The Balaban J connectivity index is 2.27. The predicted octanol–water partition coefficient (Wildman–Crippen LogP) is 3.50. The standard InChI is InChI=1S/C13H18N2O2/c1-9-5-3-7-11(9)14-13-10(2)6-4-8-12(13)15(16)17/h4,6,8-9,11,14H,3,5,7H2,1-2H3. The Morgan fingerprint density at radius 3 is 2.76 bits per heavy atom. The van der Waals surface area contributed by atoms with Gasteiger partial charge in [0.05, 0.1) is 4.92 Å². The molecule has 1 aliphatic rings. The van der Waals surface area contributed by atoms with Crippen molar-refractivity contribution in [2.45, 2.75) is 39.2 Å². The van der Waals surface area contributed by atoms with Crippen LogP contribution in [-0.2, 0) is 0 Å². The maximum Gasteiger partial charge on any atom is 0.292 e. The summed E-state index contributed by atoms with van der Waals surface area (Å²) >= 11 is 0. The molecule has 1 aromatic rings. The van der Waals surface area contributed by atoms with Gasteiger partial charge in [-0.3, -0.25) is 10.1 Å². The third-order valence-corrected chi connectivity index (χ3v) is 3.64. The number of anilines is 1. The van der Waals surface area contributed by atoms with Crippen LogP contribution in [0.2, 0.25) is 0 Å². The smallest absolute Gasteiger partial charge is 0.292 e. The van der Waals surface area contributed by atoms with Gasteiger partial charge in [0.15, 0.2) is 0 Å². The van der Waals surface area contributed by atoms with Gasteiger partial charge in [-0.15, -0.1) is 0 Å². The van der Waals surface area contributed by atoms with E-state index in [9.17, 15) is 10.1 Å². The molecule has 1 fully saturated rings. The summed E-state index contributed by atoms with van der Waals surface area (Å²) in [5.74, 6) is 0.592. The number of para-hydroxylation sites is 1. The van der Waals surface area contributed by atoms with Crippen LogP contribution in [0.5, 0.6) is 0 Å². The number of nitro benzene ring substituents is 1. The molecule has 4 nitrogen and oxygen atoms in total. The van der Waals surface area contributed by atoms with Crippen LogP contribution in [0.3, 0.4) is 0 Å². The molecule has 1 aliphatic carbocycles. The SMILES string of the molecule is Cc1cccc([N+](=O)[O-])c1NC1CCCC1C. The number of rotatable bonds is 3. The Hall–Kier alpha value is -1.58. The van der Waals surface area contributed by atoms with E-state index in [2.05, 4.69) is 12.2 Å². The molecule has 0 aromatic heterocycles. The summed E-state index contributed by atoms with van der Waals surface area (Å²) in [5.41, 5.74) is 1.82. The first-order valence-electron chi connectivity index (χ1n) is 6.10. The van der Waals surface area contributed by atoms with Crippen LogP contribution in [-0.4, -0.2) is 11.0 Å². The van der Waals surface area contributed by atoms with Crippen molar-refractivity contribution >= 4 is 11.4 Å². The lowest BCUT2D eigenvalue weighted by Gasteiger charge is -2.19. The van der Waals surface area contributed by atoms with Gasteiger partial charge in [0.1, 0.15) is 5.69 Å². The number of nitro groups is 1. The lowest BCUT2D eigenvalue weighted by molar-refractivity contribution is -0.384. The molecule has 0 radical (unpaired) electrons. The quantitative estimate of drug-likeness (QED) is 0.643. The molecule has 0 heterocycles. The van der Waals surface area contributed by atoms with E-state index in [-0.39, 0.29) is 10.6 Å². The van der Waals surface area contributed by atoms with E-state index in [1.54, 1.807) is 12.1 Å². The molecular formula is C13H18N2O2. The molecule has 0 aliphatic heterocycles. The number of hydrogen-bond acceptors (Lipinski definition) is 3. The molecule has 2 atom stereocenters. The van der Waals surface area contributed by atoms with E-state index < -0.39 is 0 Å². The van der Waals surface area contributed by atoms with Gasteiger partial charge < -0.3 is 5.32 Å². The van der Waals surface area contributed by atoms with E-state index in [1.165, 1.54) is 12.8 Å².